The Labute approximate surface area is 139 Å². The zero-order chi connectivity index (χ0) is 15.8. The van der Waals surface area contributed by atoms with Crippen LogP contribution in [0.25, 0.3) is 10.6 Å². The summed E-state index contributed by atoms with van der Waals surface area (Å²) in [5.41, 5.74) is 0.431. The third kappa shape index (κ3) is 2.70. The Hall–Kier alpha value is -1.66. The molecule has 2 fully saturated rings. The first-order valence-corrected chi connectivity index (χ1v) is 9.14. The number of likely N-dealkylation sites (N-methyl/N-ethyl adjacent to an activating group) is 1. The van der Waals surface area contributed by atoms with Gasteiger partial charge in [-0.05, 0) is 50.7 Å². The maximum atomic E-state index is 12.9. The van der Waals surface area contributed by atoms with Crippen LogP contribution in [0, 0.1) is 0 Å². The van der Waals surface area contributed by atoms with Crippen LogP contribution in [0.15, 0.2) is 28.1 Å². The van der Waals surface area contributed by atoms with Crippen LogP contribution in [0.2, 0.25) is 0 Å². The van der Waals surface area contributed by atoms with Gasteiger partial charge in [0, 0.05) is 24.7 Å². The van der Waals surface area contributed by atoms with E-state index < -0.39 is 0 Å². The van der Waals surface area contributed by atoms with Crippen molar-refractivity contribution >= 4 is 17.2 Å². The van der Waals surface area contributed by atoms with E-state index in [1.54, 1.807) is 17.4 Å². The standard InChI is InChI=1S/C17H21N3O2S/c1-19-8-2-5-13(19)14-6-3-9-20(14)17(21)12-11-15(22-18-12)16-7-4-10-23-16/h4,7,10-11,13-14H,2-3,5-6,8-9H2,1H3/t13-,14+/m1/s1. The van der Waals surface area contributed by atoms with Crippen LogP contribution in [0.5, 0.6) is 0 Å². The fourth-order valence-corrected chi connectivity index (χ4v) is 4.60. The molecule has 122 valence electrons. The lowest BCUT2D eigenvalue weighted by Crippen LogP contribution is -2.47. The van der Waals surface area contributed by atoms with Gasteiger partial charge in [0.1, 0.15) is 0 Å². The van der Waals surface area contributed by atoms with Crippen molar-refractivity contribution in [1.29, 1.82) is 0 Å². The molecule has 5 nitrogen and oxygen atoms in total. The van der Waals surface area contributed by atoms with Crippen molar-refractivity contribution in [2.24, 2.45) is 0 Å². The van der Waals surface area contributed by atoms with E-state index in [9.17, 15) is 4.79 Å². The highest BCUT2D eigenvalue weighted by Crippen LogP contribution is 2.31. The van der Waals surface area contributed by atoms with Gasteiger partial charge in [-0.15, -0.1) is 11.3 Å². The van der Waals surface area contributed by atoms with E-state index in [4.69, 9.17) is 4.52 Å². The smallest absolute Gasteiger partial charge is 0.276 e. The molecule has 0 unspecified atom stereocenters. The molecule has 0 N–H and O–H groups in total. The number of rotatable bonds is 3. The Balaban J connectivity index is 1.54. The summed E-state index contributed by atoms with van der Waals surface area (Å²) in [4.78, 5) is 18.3. The lowest BCUT2D eigenvalue weighted by atomic mass is 10.0. The molecule has 2 aromatic rings. The molecule has 2 aliphatic heterocycles. The predicted molar refractivity (Wildman–Crippen MR) is 89.5 cm³/mol. The average Bonchev–Trinajstić information content (AvgIpc) is 3.31. The second-order valence-electron chi connectivity index (χ2n) is 6.45. The number of hydrogen-bond donors (Lipinski definition) is 0. The molecule has 0 aliphatic carbocycles. The Morgan fingerprint density at radius 2 is 2.13 bits per heavy atom. The van der Waals surface area contributed by atoms with Crippen molar-refractivity contribution in [1.82, 2.24) is 15.0 Å². The maximum Gasteiger partial charge on any atom is 0.276 e. The van der Waals surface area contributed by atoms with Gasteiger partial charge in [-0.25, -0.2) is 0 Å². The molecule has 6 heteroatoms. The normalized spacial score (nSPS) is 25.3. The first-order chi connectivity index (χ1) is 11.2. The van der Waals surface area contributed by atoms with Gasteiger partial charge in [-0.3, -0.25) is 4.79 Å². The Morgan fingerprint density at radius 1 is 1.30 bits per heavy atom. The summed E-state index contributed by atoms with van der Waals surface area (Å²) in [5.74, 6) is 0.691. The molecule has 2 aromatic heterocycles. The van der Waals surface area contributed by atoms with Crippen molar-refractivity contribution in [2.45, 2.75) is 37.8 Å². The summed E-state index contributed by atoms with van der Waals surface area (Å²) < 4.78 is 5.37. The summed E-state index contributed by atoms with van der Waals surface area (Å²) in [7, 11) is 2.17. The fourth-order valence-electron chi connectivity index (χ4n) is 3.92. The average molecular weight is 331 g/mol. The topological polar surface area (TPSA) is 49.6 Å². The van der Waals surface area contributed by atoms with Crippen LogP contribution in [-0.4, -0.2) is 53.1 Å². The van der Waals surface area contributed by atoms with Crippen LogP contribution in [0.4, 0.5) is 0 Å². The molecular weight excluding hydrogens is 310 g/mol. The van der Waals surface area contributed by atoms with Crippen molar-refractivity contribution in [3.8, 4) is 10.6 Å². The minimum Gasteiger partial charge on any atom is -0.355 e. The number of likely N-dealkylation sites (tertiary alicyclic amines) is 2. The van der Waals surface area contributed by atoms with Crippen molar-refractivity contribution in [2.75, 3.05) is 20.1 Å². The molecule has 0 aromatic carbocycles. The summed E-state index contributed by atoms with van der Waals surface area (Å²) in [6.45, 7) is 1.96. The molecule has 0 bridgehead atoms. The number of thiophene rings is 1. The first-order valence-electron chi connectivity index (χ1n) is 8.26. The van der Waals surface area contributed by atoms with E-state index in [2.05, 4.69) is 17.1 Å². The molecular formula is C17H21N3O2S. The van der Waals surface area contributed by atoms with Crippen LogP contribution in [0.1, 0.15) is 36.2 Å². The van der Waals surface area contributed by atoms with E-state index in [0.717, 1.165) is 30.8 Å². The van der Waals surface area contributed by atoms with E-state index in [1.165, 1.54) is 12.8 Å². The number of carbonyl (C=O) groups is 1. The van der Waals surface area contributed by atoms with Crippen LogP contribution >= 0.6 is 11.3 Å². The minimum absolute atomic E-state index is 0.0133. The zero-order valence-corrected chi connectivity index (χ0v) is 14.1. The zero-order valence-electron chi connectivity index (χ0n) is 13.3. The molecule has 1 amide bonds. The highest BCUT2D eigenvalue weighted by Gasteiger charge is 2.39. The molecule has 2 atom stereocenters. The number of amides is 1. The van der Waals surface area contributed by atoms with E-state index in [1.807, 2.05) is 22.4 Å². The summed E-state index contributed by atoms with van der Waals surface area (Å²) in [6.07, 6.45) is 4.59. The van der Waals surface area contributed by atoms with E-state index >= 15 is 0 Å². The van der Waals surface area contributed by atoms with Crippen LogP contribution in [-0.2, 0) is 0 Å². The lowest BCUT2D eigenvalue weighted by molar-refractivity contribution is 0.0654. The second kappa shape index (κ2) is 6.09. The molecule has 4 heterocycles. The molecule has 0 radical (unpaired) electrons. The first kappa shape index (κ1) is 14.9. The molecule has 0 spiro atoms. The Kier molecular flexibility index (Phi) is 3.95. The molecule has 2 aliphatic rings. The fraction of sp³-hybridized carbons (Fsp3) is 0.529. The minimum atomic E-state index is 0.0133. The third-order valence-electron chi connectivity index (χ3n) is 5.07. The highest BCUT2D eigenvalue weighted by atomic mass is 32.1. The molecule has 0 saturated carbocycles. The third-order valence-corrected chi connectivity index (χ3v) is 5.96. The summed E-state index contributed by atoms with van der Waals surface area (Å²) in [5, 5.41) is 6.02. The molecule has 4 rings (SSSR count). The van der Waals surface area contributed by atoms with E-state index in [0.29, 0.717) is 23.5 Å². The number of aromatic nitrogens is 1. The number of nitrogens with zero attached hydrogens (tertiary/aromatic N) is 3. The quantitative estimate of drug-likeness (QED) is 0.867. The van der Waals surface area contributed by atoms with Crippen molar-refractivity contribution in [3.05, 3.63) is 29.3 Å². The number of hydrogen-bond acceptors (Lipinski definition) is 5. The predicted octanol–water partition coefficient (Wildman–Crippen LogP) is 3.10. The largest absolute Gasteiger partial charge is 0.355 e. The highest BCUT2D eigenvalue weighted by molar-refractivity contribution is 7.13. The van der Waals surface area contributed by atoms with Crippen LogP contribution < -0.4 is 0 Å². The molecule has 2 saturated heterocycles. The van der Waals surface area contributed by atoms with Gasteiger partial charge in [-0.2, -0.15) is 0 Å². The monoisotopic (exact) mass is 331 g/mol. The van der Waals surface area contributed by atoms with Gasteiger partial charge in [-0.1, -0.05) is 11.2 Å². The van der Waals surface area contributed by atoms with Gasteiger partial charge in [0.15, 0.2) is 11.5 Å². The van der Waals surface area contributed by atoms with Crippen LogP contribution in [0.3, 0.4) is 0 Å². The van der Waals surface area contributed by atoms with Gasteiger partial charge >= 0.3 is 0 Å². The van der Waals surface area contributed by atoms with Crippen molar-refractivity contribution < 1.29 is 9.32 Å². The Bertz CT molecular complexity index is 682. The van der Waals surface area contributed by atoms with Gasteiger partial charge in [0.25, 0.3) is 5.91 Å². The summed E-state index contributed by atoms with van der Waals surface area (Å²) >= 11 is 1.59. The number of carbonyl (C=O) groups excluding carboxylic acids is 1. The SMILES string of the molecule is CN1CCC[C@@H]1[C@@H]1CCCN1C(=O)c1cc(-c2cccs2)on1. The van der Waals surface area contributed by atoms with Crippen molar-refractivity contribution in [3.63, 3.8) is 0 Å². The maximum absolute atomic E-state index is 12.9. The lowest BCUT2D eigenvalue weighted by Gasteiger charge is -2.32. The van der Waals surface area contributed by atoms with Gasteiger partial charge in [0.05, 0.1) is 4.88 Å². The van der Waals surface area contributed by atoms with E-state index in [-0.39, 0.29) is 5.91 Å². The second-order valence-corrected chi connectivity index (χ2v) is 7.40. The van der Waals surface area contributed by atoms with Gasteiger partial charge in [0.2, 0.25) is 0 Å². The molecule has 23 heavy (non-hydrogen) atoms. The Morgan fingerprint density at radius 3 is 2.87 bits per heavy atom. The summed E-state index contributed by atoms with van der Waals surface area (Å²) in [6, 6.07) is 6.53. The van der Waals surface area contributed by atoms with Gasteiger partial charge < -0.3 is 14.3 Å².